The van der Waals surface area contributed by atoms with Gasteiger partial charge in [-0.2, -0.15) is 0 Å². The molecule has 2 unspecified atom stereocenters. The second kappa shape index (κ2) is 5.66. The second-order valence-corrected chi connectivity index (χ2v) is 4.42. The van der Waals surface area contributed by atoms with Crippen molar-refractivity contribution in [1.29, 1.82) is 0 Å². The van der Waals surface area contributed by atoms with Crippen LogP contribution in [-0.4, -0.2) is 39.2 Å². The molecule has 2 atom stereocenters. The SMILES string of the molecule is CC(O)C(NC(=O)c1ccc2ccccc2n1)C(=O)O. The van der Waals surface area contributed by atoms with Crippen molar-refractivity contribution in [3.63, 3.8) is 0 Å². The predicted octanol–water partition coefficient (Wildman–Crippen LogP) is 0.799. The van der Waals surface area contributed by atoms with E-state index in [4.69, 9.17) is 5.11 Å². The number of aliphatic carboxylic acids is 1. The summed E-state index contributed by atoms with van der Waals surface area (Å²) in [4.78, 5) is 27.0. The fourth-order valence-corrected chi connectivity index (χ4v) is 1.80. The van der Waals surface area contributed by atoms with Crippen LogP contribution >= 0.6 is 0 Å². The molecular weight excluding hydrogens is 260 g/mol. The van der Waals surface area contributed by atoms with Gasteiger partial charge in [-0.15, -0.1) is 0 Å². The molecule has 104 valence electrons. The maximum atomic E-state index is 12.0. The maximum absolute atomic E-state index is 12.0. The lowest BCUT2D eigenvalue weighted by atomic mass is 10.1. The number of hydrogen-bond acceptors (Lipinski definition) is 4. The predicted molar refractivity (Wildman–Crippen MR) is 72.3 cm³/mol. The first-order chi connectivity index (χ1) is 9.49. The van der Waals surface area contributed by atoms with E-state index in [1.807, 2.05) is 12.1 Å². The number of nitrogens with one attached hydrogen (secondary N) is 1. The van der Waals surface area contributed by atoms with Crippen molar-refractivity contribution in [3.8, 4) is 0 Å². The van der Waals surface area contributed by atoms with Crippen LogP contribution in [-0.2, 0) is 4.79 Å². The lowest BCUT2D eigenvalue weighted by molar-refractivity contribution is -0.141. The Kier molecular flexibility index (Phi) is 3.95. The lowest BCUT2D eigenvalue weighted by Crippen LogP contribution is -2.47. The van der Waals surface area contributed by atoms with E-state index in [2.05, 4.69) is 10.3 Å². The Morgan fingerprint density at radius 3 is 2.55 bits per heavy atom. The summed E-state index contributed by atoms with van der Waals surface area (Å²) in [5, 5.41) is 21.4. The number of rotatable bonds is 4. The molecule has 0 saturated carbocycles. The first kappa shape index (κ1) is 14.0. The zero-order valence-electron chi connectivity index (χ0n) is 10.8. The monoisotopic (exact) mass is 274 g/mol. The van der Waals surface area contributed by atoms with Crippen LogP contribution in [0.1, 0.15) is 17.4 Å². The zero-order chi connectivity index (χ0) is 14.7. The molecule has 0 aliphatic rings. The van der Waals surface area contributed by atoms with Crippen LogP contribution in [0.15, 0.2) is 36.4 Å². The van der Waals surface area contributed by atoms with E-state index in [9.17, 15) is 14.7 Å². The molecule has 2 rings (SSSR count). The molecule has 0 aliphatic heterocycles. The molecule has 1 amide bonds. The van der Waals surface area contributed by atoms with Crippen molar-refractivity contribution in [3.05, 3.63) is 42.1 Å². The molecule has 20 heavy (non-hydrogen) atoms. The Bertz CT molecular complexity index is 654. The molecule has 6 nitrogen and oxygen atoms in total. The molecule has 1 aromatic carbocycles. The van der Waals surface area contributed by atoms with Gasteiger partial charge in [0.25, 0.3) is 5.91 Å². The number of benzene rings is 1. The number of aliphatic hydroxyl groups excluding tert-OH is 1. The molecule has 0 saturated heterocycles. The van der Waals surface area contributed by atoms with Gasteiger partial charge in [0.2, 0.25) is 0 Å². The summed E-state index contributed by atoms with van der Waals surface area (Å²) in [6.07, 6.45) is -1.20. The van der Waals surface area contributed by atoms with Crippen molar-refractivity contribution in [1.82, 2.24) is 10.3 Å². The minimum Gasteiger partial charge on any atom is -0.480 e. The largest absolute Gasteiger partial charge is 0.480 e. The smallest absolute Gasteiger partial charge is 0.328 e. The molecule has 1 heterocycles. The molecule has 0 aliphatic carbocycles. The van der Waals surface area contributed by atoms with Crippen LogP contribution in [0.2, 0.25) is 0 Å². The first-order valence-corrected chi connectivity index (χ1v) is 6.06. The third-order valence-corrected chi connectivity index (χ3v) is 2.87. The maximum Gasteiger partial charge on any atom is 0.328 e. The van der Waals surface area contributed by atoms with E-state index in [0.717, 1.165) is 5.39 Å². The molecule has 0 bridgehead atoms. The number of carboxylic acid groups (broad SMARTS) is 1. The molecule has 0 radical (unpaired) electrons. The fourth-order valence-electron chi connectivity index (χ4n) is 1.80. The molecule has 6 heteroatoms. The number of pyridine rings is 1. The number of fused-ring (bicyclic) bond motifs is 1. The highest BCUT2D eigenvalue weighted by molar-refractivity contribution is 5.97. The van der Waals surface area contributed by atoms with E-state index in [1.165, 1.54) is 13.0 Å². The standard InChI is InChI=1S/C14H14N2O4/c1-8(17)12(14(19)20)16-13(18)11-7-6-9-4-2-3-5-10(9)15-11/h2-8,12,17H,1H3,(H,16,18)(H,19,20). The topological polar surface area (TPSA) is 99.5 Å². The fraction of sp³-hybridized carbons (Fsp3) is 0.214. The van der Waals surface area contributed by atoms with E-state index in [0.29, 0.717) is 5.52 Å². The quantitative estimate of drug-likeness (QED) is 0.765. The number of aromatic nitrogens is 1. The minimum absolute atomic E-state index is 0.107. The number of amides is 1. The van der Waals surface area contributed by atoms with Crippen molar-refractivity contribution < 1.29 is 19.8 Å². The van der Waals surface area contributed by atoms with Crippen LogP contribution < -0.4 is 5.32 Å². The summed E-state index contributed by atoms with van der Waals surface area (Å²) < 4.78 is 0. The van der Waals surface area contributed by atoms with E-state index in [-0.39, 0.29) is 5.69 Å². The number of carbonyl (C=O) groups excluding carboxylic acids is 1. The summed E-state index contributed by atoms with van der Waals surface area (Å²) in [6, 6.07) is 9.16. The lowest BCUT2D eigenvalue weighted by Gasteiger charge is -2.16. The Morgan fingerprint density at radius 2 is 1.90 bits per heavy atom. The highest BCUT2D eigenvalue weighted by Gasteiger charge is 2.25. The summed E-state index contributed by atoms with van der Waals surface area (Å²) in [5.74, 6) is -1.93. The Hall–Kier alpha value is -2.47. The van der Waals surface area contributed by atoms with E-state index in [1.54, 1.807) is 18.2 Å². The van der Waals surface area contributed by atoms with Gasteiger partial charge in [-0.3, -0.25) is 4.79 Å². The van der Waals surface area contributed by atoms with Gasteiger partial charge in [-0.05, 0) is 19.1 Å². The first-order valence-electron chi connectivity index (χ1n) is 6.06. The summed E-state index contributed by atoms with van der Waals surface area (Å²) >= 11 is 0. The number of carboxylic acids is 1. The molecule has 1 aromatic heterocycles. The summed E-state index contributed by atoms with van der Waals surface area (Å²) in [7, 11) is 0. The van der Waals surface area contributed by atoms with Gasteiger partial charge >= 0.3 is 5.97 Å². The number of hydrogen-bond donors (Lipinski definition) is 3. The van der Waals surface area contributed by atoms with Crippen LogP contribution in [0.25, 0.3) is 10.9 Å². The Morgan fingerprint density at radius 1 is 1.20 bits per heavy atom. The molecule has 3 N–H and O–H groups in total. The summed E-state index contributed by atoms with van der Waals surface area (Å²) in [5.41, 5.74) is 0.750. The number of aliphatic hydroxyl groups is 1. The van der Waals surface area contributed by atoms with Gasteiger partial charge < -0.3 is 15.5 Å². The highest BCUT2D eigenvalue weighted by Crippen LogP contribution is 2.11. The summed E-state index contributed by atoms with van der Waals surface area (Å²) in [6.45, 7) is 1.30. The average Bonchev–Trinajstić information content (AvgIpc) is 2.43. The molecule has 0 fully saturated rings. The Labute approximate surface area is 115 Å². The Balaban J connectivity index is 2.24. The number of carbonyl (C=O) groups is 2. The van der Waals surface area contributed by atoms with Gasteiger partial charge in [0, 0.05) is 5.39 Å². The van der Waals surface area contributed by atoms with Crippen LogP contribution in [0.4, 0.5) is 0 Å². The average molecular weight is 274 g/mol. The van der Waals surface area contributed by atoms with E-state index >= 15 is 0 Å². The second-order valence-electron chi connectivity index (χ2n) is 4.42. The zero-order valence-corrected chi connectivity index (χ0v) is 10.8. The van der Waals surface area contributed by atoms with Gasteiger partial charge in [-0.1, -0.05) is 24.3 Å². The molecule has 2 aromatic rings. The number of nitrogens with zero attached hydrogens (tertiary/aromatic N) is 1. The third kappa shape index (κ3) is 2.92. The molecule has 0 spiro atoms. The van der Waals surface area contributed by atoms with Crippen molar-refractivity contribution in [2.75, 3.05) is 0 Å². The van der Waals surface area contributed by atoms with Gasteiger partial charge in [0.05, 0.1) is 11.6 Å². The third-order valence-electron chi connectivity index (χ3n) is 2.87. The minimum atomic E-state index is -1.37. The van der Waals surface area contributed by atoms with Gasteiger partial charge in [-0.25, -0.2) is 9.78 Å². The van der Waals surface area contributed by atoms with Gasteiger partial charge in [0.15, 0.2) is 6.04 Å². The van der Waals surface area contributed by atoms with Gasteiger partial charge in [0.1, 0.15) is 5.69 Å². The van der Waals surface area contributed by atoms with Crippen molar-refractivity contribution in [2.24, 2.45) is 0 Å². The van der Waals surface area contributed by atoms with E-state index < -0.39 is 24.0 Å². The van der Waals surface area contributed by atoms with Crippen LogP contribution in [0, 0.1) is 0 Å². The van der Waals surface area contributed by atoms with Crippen molar-refractivity contribution >= 4 is 22.8 Å². The highest BCUT2D eigenvalue weighted by atomic mass is 16.4. The van der Waals surface area contributed by atoms with Crippen LogP contribution in [0.5, 0.6) is 0 Å². The van der Waals surface area contributed by atoms with Crippen LogP contribution in [0.3, 0.4) is 0 Å². The number of para-hydroxylation sites is 1. The normalized spacial score (nSPS) is 13.7. The van der Waals surface area contributed by atoms with Crippen molar-refractivity contribution in [2.45, 2.75) is 19.1 Å². The molecular formula is C14H14N2O4.